The number of aryl methyl sites for hydroxylation is 1. The van der Waals surface area contributed by atoms with Crippen LogP contribution in [0.5, 0.6) is 0 Å². The lowest BCUT2D eigenvalue weighted by Crippen LogP contribution is -2.05. The van der Waals surface area contributed by atoms with E-state index in [9.17, 15) is 0 Å². The number of benzene rings is 2. The second kappa shape index (κ2) is 5.88. The molecule has 0 aliphatic heterocycles. The second-order valence-electron chi connectivity index (χ2n) is 5.08. The lowest BCUT2D eigenvalue weighted by Gasteiger charge is -2.15. The van der Waals surface area contributed by atoms with Crippen molar-refractivity contribution in [3.63, 3.8) is 0 Å². The van der Waals surface area contributed by atoms with Gasteiger partial charge in [-0.05, 0) is 49.1 Å². The molecule has 0 aliphatic carbocycles. The van der Waals surface area contributed by atoms with Crippen LogP contribution in [0.3, 0.4) is 0 Å². The standard InChI is InChI=1S/C17H15Cl2NS/c1-10-13-5-3-4-6-16(13)21-17(10)11(2)20-12-7-8-14(18)15(19)9-12/h3-9,11,20H,1-2H3. The largest absolute Gasteiger partial charge is 0.378 e. The predicted molar refractivity (Wildman–Crippen MR) is 95.1 cm³/mol. The molecule has 3 rings (SSSR count). The molecule has 0 bridgehead atoms. The summed E-state index contributed by atoms with van der Waals surface area (Å²) in [6, 6.07) is 14.4. The van der Waals surface area contributed by atoms with Gasteiger partial charge in [-0.15, -0.1) is 11.3 Å². The van der Waals surface area contributed by atoms with Crippen LogP contribution in [-0.4, -0.2) is 0 Å². The van der Waals surface area contributed by atoms with E-state index in [-0.39, 0.29) is 6.04 Å². The van der Waals surface area contributed by atoms with Gasteiger partial charge in [0.1, 0.15) is 0 Å². The Morgan fingerprint density at radius 1 is 1.05 bits per heavy atom. The lowest BCUT2D eigenvalue weighted by molar-refractivity contribution is 0.900. The molecule has 4 heteroatoms. The number of hydrogen-bond donors (Lipinski definition) is 1. The Kier molecular flexibility index (Phi) is 4.12. The Balaban J connectivity index is 1.91. The van der Waals surface area contributed by atoms with Crippen LogP contribution in [-0.2, 0) is 0 Å². The van der Waals surface area contributed by atoms with Crippen LogP contribution in [0.2, 0.25) is 10.0 Å². The van der Waals surface area contributed by atoms with Gasteiger partial charge in [0, 0.05) is 15.3 Å². The number of thiophene rings is 1. The van der Waals surface area contributed by atoms with Gasteiger partial charge in [-0.2, -0.15) is 0 Å². The normalized spacial score (nSPS) is 12.6. The van der Waals surface area contributed by atoms with E-state index in [1.807, 2.05) is 29.5 Å². The van der Waals surface area contributed by atoms with Crippen LogP contribution in [0, 0.1) is 6.92 Å². The Labute approximate surface area is 138 Å². The first-order chi connectivity index (χ1) is 10.1. The van der Waals surface area contributed by atoms with Gasteiger partial charge >= 0.3 is 0 Å². The Morgan fingerprint density at radius 2 is 1.81 bits per heavy atom. The van der Waals surface area contributed by atoms with Crippen LogP contribution in [0.1, 0.15) is 23.4 Å². The zero-order chi connectivity index (χ0) is 15.0. The topological polar surface area (TPSA) is 12.0 Å². The Hall–Kier alpha value is -1.22. The molecular weight excluding hydrogens is 321 g/mol. The first-order valence-electron chi connectivity index (χ1n) is 6.76. The highest BCUT2D eigenvalue weighted by atomic mass is 35.5. The summed E-state index contributed by atoms with van der Waals surface area (Å²) in [4.78, 5) is 1.35. The number of nitrogens with one attached hydrogen (secondary N) is 1. The quantitative estimate of drug-likeness (QED) is 0.562. The maximum absolute atomic E-state index is 6.07. The third-order valence-electron chi connectivity index (χ3n) is 3.58. The Bertz CT molecular complexity index is 795. The molecule has 1 unspecified atom stereocenters. The summed E-state index contributed by atoms with van der Waals surface area (Å²) in [5.74, 6) is 0. The van der Waals surface area contributed by atoms with E-state index in [2.05, 4.69) is 43.4 Å². The van der Waals surface area contributed by atoms with E-state index in [0.717, 1.165) is 5.69 Å². The molecule has 0 saturated carbocycles. The summed E-state index contributed by atoms with van der Waals surface area (Å²) in [5, 5.41) is 5.98. The van der Waals surface area contributed by atoms with Gasteiger partial charge in [-0.1, -0.05) is 41.4 Å². The minimum Gasteiger partial charge on any atom is -0.378 e. The van der Waals surface area contributed by atoms with Crippen molar-refractivity contribution >= 4 is 50.3 Å². The molecule has 0 aliphatic rings. The molecule has 1 N–H and O–H groups in total. The van der Waals surface area contributed by atoms with Gasteiger partial charge in [-0.3, -0.25) is 0 Å². The molecular formula is C17H15Cl2NS. The van der Waals surface area contributed by atoms with Crippen molar-refractivity contribution in [3.05, 3.63) is 63.0 Å². The maximum atomic E-state index is 6.07. The molecule has 1 heterocycles. The van der Waals surface area contributed by atoms with E-state index >= 15 is 0 Å². The van der Waals surface area contributed by atoms with Gasteiger partial charge in [0.05, 0.1) is 16.1 Å². The molecule has 2 aromatic carbocycles. The first-order valence-corrected chi connectivity index (χ1v) is 8.33. The number of rotatable bonds is 3. The van der Waals surface area contributed by atoms with Gasteiger partial charge in [0.25, 0.3) is 0 Å². The zero-order valence-electron chi connectivity index (χ0n) is 11.8. The molecule has 108 valence electrons. The second-order valence-corrected chi connectivity index (χ2v) is 6.98. The molecule has 0 amide bonds. The molecule has 3 aromatic rings. The highest BCUT2D eigenvalue weighted by Gasteiger charge is 2.14. The smallest absolute Gasteiger partial charge is 0.0612 e. The fraction of sp³-hybridized carbons (Fsp3) is 0.176. The highest BCUT2D eigenvalue weighted by Crippen LogP contribution is 2.36. The van der Waals surface area contributed by atoms with Gasteiger partial charge in [0.2, 0.25) is 0 Å². The van der Waals surface area contributed by atoms with Crippen molar-refractivity contribution in [2.75, 3.05) is 5.32 Å². The van der Waals surface area contributed by atoms with Crippen molar-refractivity contribution in [2.45, 2.75) is 19.9 Å². The van der Waals surface area contributed by atoms with Crippen molar-refractivity contribution in [3.8, 4) is 0 Å². The first kappa shape index (κ1) is 14.7. The summed E-state index contributed by atoms with van der Waals surface area (Å²) in [6.07, 6.45) is 0. The van der Waals surface area contributed by atoms with Crippen molar-refractivity contribution in [1.82, 2.24) is 0 Å². The molecule has 0 saturated heterocycles. The van der Waals surface area contributed by atoms with Crippen LogP contribution in [0.25, 0.3) is 10.1 Å². The van der Waals surface area contributed by atoms with E-state index in [0.29, 0.717) is 10.0 Å². The van der Waals surface area contributed by atoms with Gasteiger partial charge < -0.3 is 5.32 Å². The van der Waals surface area contributed by atoms with Gasteiger partial charge in [-0.25, -0.2) is 0 Å². The molecule has 1 atom stereocenters. The van der Waals surface area contributed by atoms with Crippen LogP contribution >= 0.6 is 34.5 Å². The summed E-state index contributed by atoms with van der Waals surface area (Å²) in [6.45, 7) is 4.35. The van der Waals surface area contributed by atoms with E-state index in [1.54, 1.807) is 0 Å². The average Bonchev–Trinajstić information content (AvgIpc) is 2.81. The summed E-state index contributed by atoms with van der Waals surface area (Å²) < 4.78 is 1.33. The molecule has 1 nitrogen and oxygen atoms in total. The maximum Gasteiger partial charge on any atom is 0.0612 e. The molecule has 0 spiro atoms. The van der Waals surface area contributed by atoms with Crippen molar-refractivity contribution < 1.29 is 0 Å². The zero-order valence-corrected chi connectivity index (χ0v) is 14.1. The van der Waals surface area contributed by atoms with Crippen molar-refractivity contribution in [2.24, 2.45) is 0 Å². The lowest BCUT2D eigenvalue weighted by atomic mass is 10.1. The number of halogens is 2. The fourth-order valence-electron chi connectivity index (χ4n) is 2.51. The predicted octanol–water partition coefficient (Wildman–Crippen LogP) is 6.69. The van der Waals surface area contributed by atoms with Crippen LogP contribution in [0.4, 0.5) is 5.69 Å². The highest BCUT2D eigenvalue weighted by molar-refractivity contribution is 7.19. The molecule has 0 fully saturated rings. The summed E-state index contributed by atoms with van der Waals surface area (Å²) in [7, 11) is 0. The number of hydrogen-bond acceptors (Lipinski definition) is 2. The SMILES string of the molecule is Cc1c(C(C)Nc2ccc(Cl)c(Cl)c2)sc2ccccc12. The van der Waals surface area contributed by atoms with E-state index in [4.69, 9.17) is 23.2 Å². The van der Waals surface area contributed by atoms with E-state index in [1.165, 1.54) is 20.5 Å². The third-order valence-corrected chi connectivity index (χ3v) is 5.77. The van der Waals surface area contributed by atoms with Crippen LogP contribution < -0.4 is 5.32 Å². The number of fused-ring (bicyclic) bond motifs is 1. The average molecular weight is 336 g/mol. The Morgan fingerprint density at radius 3 is 2.52 bits per heavy atom. The van der Waals surface area contributed by atoms with Crippen LogP contribution in [0.15, 0.2) is 42.5 Å². The minimum atomic E-state index is 0.222. The molecule has 0 radical (unpaired) electrons. The van der Waals surface area contributed by atoms with Crippen molar-refractivity contribution in [1.29, 1.82) is 0 Å². The molecule has 1 aromatic heterocycles. The minimum absolute atomic E-state index is 0.222. The summed E-state index contributed by atoms with van der Waals surface area (Å²) in [5.41, 5.74) is 2.32. The van der Waals surface area contributed by atoms with Gasteiger partial charge in [0.15, 0.2) is 0 Å². The number of anilines is 1. The van der Waals surface area contributed by atoms with E-state index < -0.39 is 0 Å². The fourth-order valence-corrected chi connectivity index (χ4v) is 4.02. The third kappa shape index (κ3) is 2.89. The molecule has 21 heavy (non-hydrogen) atoms. The monoisotopic (exact) mass is 335 g/mol. The summed E-state index contributed by atoms with van der Waals surface area (Å²) >= 11 is 13.9.